The SMILES string of the molecule is Nc1ccc(-c2cccs2)cc1NC(=O)c1ccc(C[C@H](NC(=O)OCc2ccccc2)C(=O)NCc2ccccc2)cc1. The number of benzene rings is 4. The molecule has 0 saturated carbocycles. The summed E-state index contributed by atoms with van der Waals surface area (Å²) in [6.45, 7) is 0.391. The second kappa shape index (κ2) is 14.7. The van der Waals surface area contributed by atoms with Crippen molar-refractivity contribution in [2.24, 2.45) is 0 Å². The molecule has 0 unspecified atom stereocenters. The van der Waals surface area contributed by atoms with Gasteiger partial charge in [-0.3, -0.25) is 9.59 Å². The van der Waals surface area contributed by atoms with E-state index in [0.717, 1.165) is 27.1 Å². The Bertz CT molecular complexity index is 1690. The fraction of sp³-hybridized carbons (Fsp3) is 0.114. The Balaban J connectivity index is 1.24. The van der Waals surface area contributed by atoms with Crippen LogP contribution in [0.3, 0.4) is 0 Å². The number of hydrogen-bond acceptors (Lipinski definition) is 6. The standard InChI is InChI=1S/C35H32N4O4S/c36-29-18-17-28(32-12-7-19-44-32)21-30(29)38-33(40)27-15-13-24(14-16-27)20-31(34(41)37-22-25-8-3-1-4-9-25)39-35(42)43-23-26-10-5-2-6-11-26/h1-19,21,31H,20,22-23,36H2,(H,37,41)(H,38,40)(H,39,42)/t31-/m0/s1. The highest BCUT2D eigenvalue weighted by atomic mass is 32.1. The summed E-state index contributed by atoms with van der Waals surface area (Å²) >= 11 is 1.60. The number of thiophene rings is 1. The molecule has 5 rings (SSSR count). The highest BCUT2D eigenvalue weighted by molar-refractivity contribution is 7.13. The van der Waals surface area contributed by atoms with Gasteiger partial charge in [0.05, 0.1) is 11.4 Å². The average molecular weight is 605 g/mol. The second-order valence-electron chi connectivity index (χ2n) is 10.1. The molecule has 1 aromatic heterocycles. The number of nitrogen functional groups attached to an aromatic ring is 1. The van der Waals surface area contributed by atoms with E-state index in [-0.39, 0.29) is 24.8 Å². The van der Waals surface area contributed by atoms with Crippen LogP contribution in [0.1, 0.15) is 27.0 Å². The first kappa shape index (κ1) is 30.1. The minimum atomic E-state index is -0.901. The highest BCUT2D eigenvalue weighted by Crippen LogP contribution is 2.30. The van der Waals surface area contributed by atoms with Crippen molar-refractivity contribution in [1.29, 1.82) is 0 Å². The first-order valence-corrected chi connectivity index (χ1v) is 14.9. The molecular formula is C35H32N4O4S. The maximum absolute atomic E-state index is 13.2. The Morgan fingerprint density at radius 2 is 1.48 bits per heavy atom. The van der Waals surface area contributed by atoms with Crippen molar-refractivity contribution in [3.63, 3.8) is 0 Å². The molecule has 0 saturated heterocycles. The summed E-state index contributed by atoms with van der Waals surface area (Å²) in [7, 11) is 0. The molecule has 222 valence electrons. The first-order valence-electron chi connectivity index (χ1n) is 14.1. The number of ether oxygens (including phenoxy) is 1. The van der Waals surface area contributed by atoms with E-state index < -0.39 is 12.1 Å². The third-order valence-electron chi connectivity index (χ3n) is 6.89. The zero-order chi connectivity index (χ0) is 30.7. The van der Waals surface area contributed by atoms with E-state index in [4.69, 9.17) is 10.5 Å². The highest BCUT2D eigenvalue weighted by Gasteiger charge is 2.22. The predicted octanol–water partition coefficient (Wildman–Crippen LogP) is 6.40. The summed E-state index contributed by atoms with van der Waals surface area (Å²) in [5, 5.41) is 10.5. The monoisotopic (exact) mass is 604 g/mol. The van der Waals surface area contributed by atoms with E-state index in [2.05, 4.69) is 16.0 Å². The lowest BCUT2D eigenvalue weighted by Gasteiger charge is -2.19. The lowest BCUT2D eigenvalue weighted by molar-refractivity contribution is -0.123. The third-order valence-corrected chi connectivity index (χ3v) is 7.81. The Hall–Kier alpha value is -5.41. The predicted molar refractivity (Wildman–Crippen MR) is 174 cm³/mol. The van der Waals surface area contributed by atoms with Gasteiger partial charge >= 0.3 is 6.09 Å². The molecule has 1 heterocycles. The van der Waals surface area contributed by atoms with Crippen LogP contribution >= 0.6 is 11.3 Å². The van der Waals surface area contributed by atoms with Crippen molar-refractivity contribution in [2.75, 3.05) is 11.1 Å². The van der Waals surface area contributed by atoms with Crippen molar-refractivity contribution in [2.45, 2.75) is 25.6 Å². The number of anilines is 2. The summed E-state index contributed by atoms with van der Waals surface area (Å²) in [6.07, 6.45) is -0.509. The summed E-state index contributed by atoms with van der Waals surface area (Å²) in [4.78, 5) is 40.0. The average Bonchev–Trinajstić information content (AvgIpc) is 3.60. The summed E-state index contributed by atoms with van der Waals surface area (Å²) < 4.78 is 5.37. The maximum Gasteiger partial charge on any atom is 0.408 e. The molecule has 0 fully saturated rings. The number of nitrogens with two attached hydrogens (primary N) is 1. The Morgan fingerprint density at radius 1 is 0.773 bits per heavy atom. The largest absolute Gasteiger partial charge is 0.445 e. The molecule has 0 aliphatic rings. The molecule has 44 heavy (non-hydrogen) atoms. The van der Waals surface area contributed by atoms with Crippen LogP contribution in [0.5, 0.6) is 0 Å². The molecular weight excluding hydrogens is 572 g/mol. The van der Waals surface area contributed by atoms with Crippen LogP contribution in [0.25, 0.3) is 10.4 Å². The van der Waals surface area contributed by atoms with E-state index >= 15 is 0 Å². The second-order valence-corrected chi connectivity index (χ2v) is 11.0. The summed E-state index contributed by atoms with van der Waals surface area (Å²) in [5.74, 6) is -0.667. The normalized spacial score (nSPS) is 11.3. The van der Waals surface area contributed by atoms with Gasteiger partial charge in [-0.05, 0) is 58.0 Å². The lowest BCUT2D eigenvalue weighted by atomic mass is 10.0. The first-order chi connectivity index (χ1) is 21.4. The molecule has 0 spiro atoms. The van der Waals surface area contributed by atoms with E-state index in [9.17, 15) is 14.4 Å². The number of hydrogen-bond donors (Lipinski definition) is 4. The molecule has 9 heteroatoms. The molecule has 0 aliphatic heterocycles. The van der Waals surface area contributed by atoms with Crippen molar-refractivity contribution in [3.8, 4) is 10.4 Å². The minimum Gasteiger partial charge on any atom is -0.445 e. The Labute approximate surface area is 259 Å². The molecule has 1 atom stereocenters. The molecule has 8 nitrogen and oxygen atoms in total. The quantitative estimate of drug-likeness (QED) is 0.130. The topological polar surface area (TPSA) is 123 Å². The van der Waals surface area contributed by atoms with Crippen molar-refractivity contribution >= 4 is 40.6 Å². The maximum atomic E-state index is 13.2. The number of carbonyl (C=O) groups is 3. The van der Waals surface area contributed by atoms with Crippen LogP contribution in [0.4, 0.5) is 16.2 Å². The summed E-state index contributed by atoms with van der Waals surface area (Å²) in [5.41, 5.74) is 11.0. The van der Waals surface area contributed by atoms with Crippen LogP contribution in [0.2, 0.25) is 0 Å². The smallest absolute Gasteiger partial charge is 0.408 e. The fourth-order valence-corrected chi connectivity index (χ4v) is 5.23. The van der Waals surface area contributed by atoms with Crippen LogP contribution in [0, 0.1) is 0 Å². The zero-order valence-corrected chi connectivity index (χ0v) is 24.7. The van der Waals surface area contributed by atoms with Crippen molar-refractivity contribution in [3.05, 3.63) is 143 Å². The van der Waals surface area contributed by atoms with Crippen LogP contribution < -0.4 is 21.7 Å². The van der Waals surface area contributed by atoms with Gasteiger partial charge in [0.2, 0.25) is 5.91 Å². The molecule has 5 N–H and O–H groups in total. The number of alkyl carbamates (subject to hydrolysis) is 1. The Kier molecular flexibility index (Phi) is 10.0. The molecule has 0 aliphatic carbocycles. The van der Waals surface area contributed by atoms with Crippen LogP contribution in [-0.4, -0.2) is 23.9 Å². The van der Waals surface area contributed by atoms with Gasteiger partial charge in [-0.25, -0.2) is 4.79 Å². The fourth-order valence-electron chi connectivity index (χ4n) is 4.51. The van der Waals surface area contributed by atoms with Gasteiger partial charge in [0, 0.05) is 23.4 Å². The molecule has 4 aromatic carbocycles. The van der Waals surface area contributed by atoms with Gasteiger partial charge in [0.15, 0.2) is 0 Å². The third kappa shape index (κ3) is 8.33. The van der Waals surface area contributed by atoms with Gasteiger partial charge in [-0.1, -0.05) is 84.9 Å². The molecule has 5 aromatic rings. The van der Waals surface area contributed by atoms with Gasteiger partial charge in [0.1, 0.15) is 12.6 Å². The number of rotatable bonds is 11. The van der Waals surface area contributed by atoms with Gasteiger partial charge < -0.3 is 26.4 Å². The summed E-state index contributed by atoms with van der Waals surface area (Å²) in [6, 6.07) is 34.3. The molecule has 0 bridgehead atoms. The minimum absolute atomic E-state index is 0.0790. The van der Waals surface area contributed by atoms with E-state index in [1.807, 2.05) is 90.3 Å². The van der Waals surface area contributed by atoms with Gasteiger partial charge in [-0.2, -0.15) is 0 Å². The Morgan fingerprint density at radius 3 is 2.16 bits per heavy atom. The number of amides is 3. The number of nitrogens with one attached hydrogen (secondary N) is 3. The number of carbonyl (C=O) groups excluding carboxylic acids is 3. The lowest BCUT2D eigenvalue weighted by Crippen LogP contribution is -2.48. The van der Waals surface area contributed by atoms with Crippen LogP contribution in [-0.2, 0) is 29.1 Å². The van der Waals surface area contributed by atoms with Gasteiger partial charge in [0.25, 0.3) is 5.91 Å². The zero-order valence-electron chi connectivity index (χ0n) is 23.9. The van der Waals surface area contributed by atoms with Gasteiger partial charge in [-0.15, -0.1) is 11.3 Å². The van der Waals surface area contributed by atoms with E-state index in [0.29, 0.717) is 23.5 Å². The molecule has 0 radical (unpaired) electrons. The van der Waals surface area contributed by atoms with Crippen molar-refractivity contribution < 1.29 is 19.1 Å². The van der Waals surface area contributed by atoms with E-state index in [1.54, 1.807) is 41.7 Å². The van der Waals surface area contributed by atoms with Crippen molar-refractivity contribution in [1.82, 2.24) is 10.6 Å². The van der Waals surface area contributed by atoms with E-state index in [1.165, 1.54) is 0 Å². The van der Waals surface area contributed by atoms with Crippen LogP contribution in [0.15, 0.2) is 121 Å². The molecule has 3 amide bonds.